The van der Waals surface area contributed by atoms with E-state index in [0.717, 1.165) is 38.5 Å². The lowest BCUT2D eigenvalue weighted by Gasteiger charge is -2.19. The van der Waals surface area contributed by atoms with Crippen molar-refractivity contribution in [1.29, 1.82) is 0 Å². The number of rotatable bonds is 12. The molecule has 0 heterocycles. The van der Waals surface area contributed by atoms with E-state index in [9.17, 15) is 0 Å². The molecule has 0 bridgehead atoms. The summed E-state index contributed by atoms with van der Waals surface area (Å²) in [5, 5.41) is 17.4. The van der Waals surface area contributed by atoms with Crippen LogP contribution in [0.25, 0.3) is 0 Å². The van der Waals surface area contributed by atoms with E-state index >= 15 is 0 Å². The molecule has 0 aromatic heterocycles. The minimum atomic E-state index is -0.269. The van der Waals surface area contributed by atoms with Crippen molar-refractivity contribution in [2.45, 2.75) is 76.8 Å². The van der Waals surface area contributed by atoms with Gasteiger partial charge >= 0.3 is 0 Å². The molecule has 0 aliphatic rings. The van der Waals surface area contributed by atoms with E-state index in [0.29, 0.717) is 0 Å². The van der Waals surface area contributed by atoms with Crippen LogP contribution in [0.5, 0.6) is 0 Å². The first-order chi connectivity index (χ1) is 11.1. The summed E-state index contributed by atoms with van der Waals surface area (Å²) in [5.74, 6) is 5.28. The third-order valence-corrected chi connectivity index (χ3v) is 3.69. The zero-order chi connectivity index (χ0) is 17.5. The summed E-state index contributed by atoms with van der Waals surface area (Å²) in [5.41, 5.74) is 0. The Morgan fingerprint density at radius 3 is 1.78 bits per heavy atom. The van der Waals surface area contributed by atoms with Crippen molar-refractivity contribution in [3.05, 3.63) is 0 Å². The summed E-state index contributed by atoms with van der Waals surface area (Å²) in [6, 6.07) is 0. The summed E-state index contributed by atoms with van der Waals surface area (Å²) < 4.78 is 16.2. The molecule has 4 unspecified atom stereocenters. The molecule has 5 nitrogen and oxygen atoms in total. The predicted molar refractivity (Wildman–Crippen MR) is 88.7 cm³/mol. The minimum absolute atomic E-state index is 0.0280. The van der Waals surface area contributed by atoms with Gasteiger partial charge in [0, 0.05) is 14.2 Å². The van der Waals surface area contributed by atoms with Gasteiger partial charge in [-0.05, 0) is 64.2 Å². The molecule has 0 saturated carbocycles. The van der Waals surface area contributed by atoms with Gasteiger partial charge in [0.05, 0.1) is 12.2 Å². The van der Waals surface area contributed by atoms with Crippen LogP contribution in [0.3, 0.4) is 0 Å². The van der Waals surface area contributed by atoms with Crippen molar-refractivity contribution < 1.29 is 24.4 Å². The van der Waals surface area contributed by atoms with Crippen molar-refractivity contribution in [1.82, 2.24) is 0 Å². The highest BCUT2D eigenvalue weighted by Gasteiger charge is 2.13. The molecule has 0 aliphatic carbocycles. The molecule has 0 amide bonds. The fraction of sp³-hybridized carbons (Fsp3) is 0.778. The van der Waals surface area contributed by atoms with E-state index in [1.807, 2.05) is 26.1 Å². The molecule has 0 radical (unpaired) electrons. The number of aliphatic hydroxyl groups excluding tert-OH is 2. The zero-order valence-corrected chi connectivity index (χ0v) is 14.7. The maximum atomic E-state index is 8.82. The van der Waals surface area contributed by atoms with Gasteiger partial charge in [-0.15, -0.1) is 0 Å². The van der Waals surface area contributed by atoms with Crippen molar-refractivity contribution >= 4 is 0 Å². The second-order valence-electron chi connectivity index (χ2n) is 5.58. The molecule has 23 heavy (non-hydrogen) atoms. The first-order valence-corrected chi connectivity index (χ1v) is 8.07. The van der Waals surface area contributed by atoms with Gasteiger partial charge in [-0.25, -0.2) is 0 Å². The van der Waals surface area contributed by atoms with E-state index in [-0.39, 0.29) is 24.4 Å². The van der Waals surface area contributed by atoms with Gasteiger partial charge in [0.2, 0.25) is 0 Å². The van der Waals surface area contributed by atoms with Crippen molar-refractivity contribution in [2.24, 2.45) is 0 Å². The summed E-state index contributed by atoms with van der Waals surface area (Å²) in [4.78, 5) is 0. The van der Waals surface area contributed by atoms with Crippen LogP contribution in [-0.2, 0) is 14.2 Å². The summed E-state index contributed by atoms with van der Waals surface area (Å²) >= 11 is 0. The Kier molecular flexibility index (Phi) is 13.3. The molecule has 0 aromatic carbocycles. The predicted octanol–water partition coefficient (Wildman–Crippen LogP) is 2.82. The molecular formula is C18H30O5. The average molecular weight is 326 g/mol. The maximum absolute atomic E-state index is 8.82. The molecule has 5 heteroatoms. The third-order valence-electron chi connectivity index (χ3n) is 3.69. The summed E-state index contributed by atoms with van der Waals surface area (Å²) in [6.45, 7) is 4.01. The lowest BCUT2D eigenvalue weighted by atomic mass is 10.1. The molecule has 132 valence electrons. The quantitative estimate of drug-likeness (QED) is 0.540. The van der Waals surface area contributed by atoms with Crippen LogP contribution in [-0.4, -0.2) is 48.8 Å². The summed E-state index contributed by atoms with van der Waals surface area (Å²) in [7, 11) is 3.27. The van der Waals surface area contributed by atoms with E-state index in [1.165, 1.54) is 0 Å². The van der Waals surface area contributed by atoms with Crippen molar-refractivity contribution in [2.75, 3.05) is 14.2 Å². The van der Waals surface area contributed by atoms with Gasteiger partial charge in [-0.1, -0.05) is 0 Å². The van der Waals surface area contributed by atoms with E-state index in [4.69, 9.17) is 24.4 Å². The Morgan fingerprint density at radius 2 is 1.26 bits per heavy atom. The monoisotopic (exact) mass is 326 g/mol. The fourth-order valence-electron chi connectivity index (χ4n) is 2.21. The second kappa shape index (κ2) is 14.2. The highest BCUT2D eigenvalue weighted by molar-refractivity contribution is 4.99. The molecule has 2 N–H and O–H groups in total. The molecule has 0 aliphatic heterocycles. The van der Waals surface area contributed by atoms with Crippen LogP contribution in [0, 0.1) is 24.1 Å². The Labute approximate surface area is 140 Å². The lowest BCUT2D eigenvalue weighted by molar-refractivity contribution is 0.0138. The van der Waals surface area contributed by atoms with Gasteiger partial charge in [0.25, 0.3) is 0 Å². The maximum Gasteiger partial charge on any atom is 0.122 e. The van der Waals surface area contributed by atoms with Crippen LogP contribution in [0.1, 0.15) is 52.4 Å². The van der Waals surface area contributed by atoms with Crippen LogP contribution in [0.2, 0.25) is 0 Å². The van der Waals surface area contributed by atoms with Crippen LogP contribution in [0.15, 0.2) is 0 Å². The number of methoxy groups -OCH3 is 2. The van der Waals surface area contributed by atoms with Gasteiger partial charge < -0.3 is 24.4 Å². The normalized spacial score (nSPS) is 15.5. The van der Waals surface area contributed by atoms with Gasteiger partial charge in [-0.3, -0.25) is 0 Å². The SMILES string of the molecule is COC(C)CCCC(C#CO)OC(C)CCCC(C#CO)OC. The molecule has 0 spiro atoms. The summed E-state index contributed by atoms with van der Waals surface area (Å²) in [6.07, 6.45) is 8.63. The lowest BCUT2D eigenvalue weighted by Crippen LogP contribution is -2.20. The highest BCUT2D eigenvalue weighted by atomic mass is 16.5. The fourth-order valence-corrected chi connectivity index (χ4v) is 2.21. The van der Waals surface area contributed by atoms with Crippen molar-refractivity contribution in [3.63, 3.8) is 0 Å². The van der Waals surface area contributed by atoms with Crippen molar-refractivity contribution in [3.8, 4) is 24.1 Å². The first-order valence-electron chi connectivity index (χ1n) is 8.07. The number of ether oxygens (including phenoxy) is 3. The standard InChI is InChI=1S/C18H30O5/c1-15(21-3)7-5-10-18(12-14-20)23-16(2)8-6-9-17(22-4)11-13-19/h15-20H,5-10H2,1-4H3. The second-order valence-corrected chi connectivity index (χ2v) is 5.58. The van der Waals surface area contributed by atoms with Crippen LogP contribution in [0.4, 0.5) is 0 Å². The molecule has 0 aromatic rings. The highest BCUT2D eigenvalue weighted by Crippen LogP contribution is 2.14. The van der Waals surface area contributed by atoms with Gasteiger partial charge in [-0.2, -0.15) is 0 Å². The molecule has 0 rings (SSSR count). The number of hydrogen-bond acceptors (Lipinski definition) is 5. The van der Waals surface area contributed by atoms with E-state index in [2.05, 4.69) is 11.8 Å². The minimum Gasteiger partial charge on any atom is -0.462 e. The average Bonchev–Trinajstić information content (AvgIpc) is 2.53. The van der Waals surface area contributed by atoms with Gasteiger partial charge in [0.15, 0.2) is 0 Å². The molecule has 0 saturated heterocycles. The van der Waals surface area contributed by atoms with Gasteiger partial charge in [0.1, 0.15) is 24.4 Å². The first kappa shape index (κ1) is 21.6. The topological polar surface area (TPSA) is 68.2 Å². The Hall–Kier alpha value is -1.40. The zero-order valence-electron chi connectivity index (χ0n) is 14.7. The Bertz CT molecular complexity index is 401. The van der Waals surface area contributed by atoms with E-state index < -0.39 is 0 Å². The molecule has 4 atom stereocenters. The number of aliphatic hydroxyl groups is 2. The smallest absolute Gasteiger partial charge is 0.122 e. The molecule has 0 fully saturated rings. The van der Waals surface area contributed by atoms with Crippen LogP contribution >= 0.6 is 0 Å². The Balaban J connectivity index is 4.10. The van der Waals surface area contributed by atoms with Crippen LogP contribution < -0.4 is 0 Å². The largest absolute Gasteiger partial charge is 0.462 e. The molecular weight excluding hydrogens is 296 g/mol. The van der Waals surface area contributed by atoms with E-state index in [1.54, 1.807) is 14.2 Å². The Morgan fingerprint density at radius 1 is 0.739 bits per heavy atom. The number of hydrogen-bond donors (Lipinski definition) is 2. The third kappa shape index (κ3) is 11.8.